The van der Waals surface area contributed by atoms with E-state index in [1.54, 1.807) is 6.20 Å². The van der Waals surface area contributed by atoms with Gasteiger partial charge in [0.2, 0.25) is 11.9 Å². The second kappa shape index (κ2) is 5.91. The van der Waals surface area contributed by atoms with E-state index in [4.69, 9.17) is 10.6 Å². The van der Waals surface area contributed by atoms with Crippen molar-refractivity contribution in [1.82, 2.24) is 19.9 Å². The molecule has 0 aliphatic heterocycles. The smallest absolute Gasteiger partial charge is 0.322 e. The Bertz CT molecular complexity index is 521. The van der Waals surface area contributed by atoms with E-state index in [9.17, 15) is 0 Å². The third-order valence-corrected chi connectivity index (χ3v) is 2.35. The standard InChI is InChI=1S/C11H15N7O/c1-7-3-4-8(5-13-7)6-14-9-15-10(18-12)17-11(16-9)19-2/h3-5H,6,12H2,1-2H3,(H2,14,15,16,17,18). The normalized spacial score (nSPS) is 10.1. The number of anilines is 2. The molecule has 0 radical (unpaired) electrons. The molecule has 19 heavy (non-hydrogen) atoms. The van der Waals surface area contributed by atoms with E-state index in [0.717, 1.165) is 11.3 Å². The van der Waals surface area contributed by atoms with Crippen LogP contribution in [0.25, 0.3) is 0 Å². The molecule has 0 aliphatic carbocycles. The predicted octanol–water partition coefficient (Wildman–Crippen LogP) is 0.481. The van der Waals surface area contributed by atoms with Crippen molar-refractivity contribution in [2.75, 3.05) is 17.9 Å². The van der Waals surface area contributed by atoms with Gasteiger partial charge in [0, 0.05) is 18.4 Å². The minimum atomic E-state index is 0.187. The number of aromatic nitrogens is 4. The van der Waals surface area contributed by atoms with Gasteiger partial charge in [-0.1, -0.05) is 6.07 Å². The Hall–Kier alpha value is -2.48. The van der Waals surface area contributed by atoms with Gasteiger partial charge < -0.3 is 10.1 Å². The van der Waals surface area contributed by atoms with Gasteiger partial charge in [-0.05, 0) is 18.6 Å². The number of hydrogen-bond acceptors (Lipinski definition) is 8. The van der Waals surface area contributed by atoms with E-state index in [2.05, 4.69) is 30.7 Å². The molecule has 2 heterocycles. The molecule has 0 fully saturated rings. The van der Waals surface area contributed by atoms with Crippen LogP contribution in [0.3, 0.4) is 0 Å². The minimum Gasteiger partial charge on any atom is -0.467 e. The van der Waals surface area contributed by atoms with Gasteiger partial charge in [0.05, 0.1) is 7.11 Å². The zero-order chi connectivity index (χ0) is 13.7. The molecule has 100 valence electrons. The summed E-state index contributed by atoms with van der Waals surface area (Å²) in [5.41, 5.74) is 4.35. The van der Waals surface area contributed by atoms with Crippen LogP contribution in [0.5, 0.6) is 6.01 Å². The lowest BCUT2D eigenvalue weighted by molar-refractivity contribution is 0.379. The quantitative estimate of drug-likeness (QED) is 0.526. The number of methoxy groups -OCH3 is 1. The average Bonchev–Trinajstić information content (AvgIpc) is 2.46. The van der Waals surface area contributed by atoms with Gasteiger partial charge in [0.25, 0.3) is 0 Å². The number of pyridine rings is 1. The predicted molar refractivity (Wildman–Crippen MR) is 70.5 cm³/mol. The second-order valence-electron chi connectivity index (χ2n) is 3.78. The SMILES string of the molecule is COc1nc(NN)nc(NCc2ccc(C)nc2)n1. The van der Waals surface area contributed by atoms with Gasteiger partial charge in [-0.2, -0.15) is 15.0 Å². The van der Waals surface area contributed by atoms with Crippen molar-refractivity contribution in [2.45, 2.75) is 13.5 Å². The highest BCUT2D eigenvalue weighted by Gasteiger charge is 2.05. The molecular weight excluding hydrogens is 246 g/mol. The molecule has 0 aliphatic rings. The van der Waals surface area contributed by atoms with Crippen LogP contribution in [-0.2, 0) is 6.54 Å². The molecule has 8 heteroatoms. The van der Waals surface area contributed by atoms with Gasteiger partial charge in [-0.25, -0.2) is 5.84 Å². The maximum absolute atomic E-state index is 5.27. The molecule has 0 saturated carbocycles. The molecular formula is C11H15N7O. The summed E-state index contributed by atoms with van der Waals surface area (Å²) in [5.74, 6) is 5.88. The molecule has 0 spiro atoms. The number of nitrogen functional groups attached to an aromatic ring is 1. The zero-order valence-corrected chi connectivity index (χ0v) is 10.7. The second-order valence-corrected chi connectivity index (χ2v) is 3.78. The highest BCUT2D eigenvalue weighted by atomic mass is 16.5. The summed E-state index contributed by atoms with van der Waals surface area (Å²) < 4.78 is 4.95. The number of nitrogens with zero attached hydrogens (tertiary/aromatic N) is 4. The van der Waals surface area contributed by atoms with E-state index in [-0.39, 0.29) is 12.0 Å². The largest absolute Gasteiger partial charge is 0.467 e. The Morgan fingerprint density at radius 3 is 2.63 bits per heavy atom. The molecule has 8 nitrogen and oxygen atoms in total. The maximum atomic E-state index is 5.27. The van der Waals surface area contributed by atoms with Crippen molar-refractivity contribution in [1.29, 1.82) is 0 Å². The summed E-state index contributed by atoms with van der Waals surface area (Å²) in [4.78, 5) is 16.2. The lowest BCUT2D eigenvalue weighted by Crippen LogP contribution is -2.14. The van der Waals surface area contributed by atoms with Gasteiger partial charge in [0.15, 0.2) is 0 Å². The average molecular weight is 261 g/mol. The van der Waals surface area contributed by atoms with Crippen LogP contribution >= 0.6 is 0 Å². The van der Waals surface area contributed by atoms with Crippen molar-refractivity contribution < 1.29 is 4.74 Å². The van der Waals surface area contributed by atoms with Crippen molar-refractivity contribution in [3.05, 3.63) is 29.6 Å². The maximum Gasteiger partial charge on any atom is 0.322 e. The van der Waals surface area contributed by atoms with E-state index >= 15 is 0 Å². The summed E-state index contributed by atoms with van der Waals surface area (Å²) in [6.07, 6.45) is 1.79. The first-order valence-corrected chi connectivity index (χ1v) is 5.63. The fraction of sp³-hybridized carbons (Fsp3) is 0.273. The lowest BCUT2D eigenvalue weighted by atomic mass is 10.2. The van der Waals surface area contributed by atoms with Crippen molar-refractivity contribution in [2.24, 2.45) is 5.84 Å². The highest BCUT2D eigenvalue weighted by Crippen LogP contribution is 2.10. The zero-order valence-electron chi connectivity index (χ0n) is 10.7. The van der Waals surface area contributed by atoms with Crippen LogP contribution in [0.15, 0.2) is 18.3 Å². The number of nitrogens with two attached hydrogens (primary N) is 1. The molecule has 0 atom stereocenters. The fourth-order valence-electron chi connectivity index (χ4n) is 1.38. The highest BCUT2D eigenvalue weighted by molar-refractivity contribution is 5.35. The molecule has 0 bridgehead atoms. The Morgan fingerprint density at radius 1 is 1.21 bits per heavy atom. The molecule has 2 aromatic heterocycles. The third kappa shape index (κ3) is 3.49. The van der Waals surface area contributed by atoms with Gasteiger partial charge >= 0.3 is 6.01 Å². The Balaban J connectivity index is 2.08. The van der Waals surface area contributed by atoms with E-state index in [0.29, 0.717) is 12.5 Å². The Labute approximate surface area is 110 Å². The number of ether oxygens (including phenoxy) is 1. The monoisotopic (exact) mass is 261 g/mol. The minimum absolute atomic E-state index is 0.187. The first kappa shape index (κ1) is 13.0. The van der Waals surface area contributed by atoms with Crippen LogP contribution in [0.2, 0.25) is 0 Å². The van der Waals surface area contributed by atoms with Gasteiger partial charge in [-0.3, -0.25) is 10.4 Å². The number of rotatable bonds is 5. The van der Waals surface area contributed by atoms with Crippen LogP contribution in [0.1, 0.15) is 11.3 Å². The van der Waals surface area contributed by atoms with E-state index < -0.39 is 0 Å². The Kier molecular flexibility index (Phi) is 4.04. The van der Waals surface area contributed by atoms with Crippen LogP contribution < -0.4 is 21.3 Å². The summed E-state index contributed by atoms with van der Waals surface area (Å²) in [7, 11) is 1.48. The fourth-order valence-corrected chi connectivity index (χ4v) is 1.38. The molecule has 2 rings (SSSR count). The first-order valence-electron chi connectivity index (χ1n) is 5.63. The third-order valence-electron chi connectivity index (χ3n) is 2.35. The number of nitrogens with one attached hydrogen (secondary N) is 2. The summed E-state index contributed by atoms with van der Waals surface area (Å²) in [5, 5.41) is 3.05. The summed E-state index contributed by atoms with van der Waals surface area (Å²) >= 11 is 0. The topological polar surface area (TPSA) is 111 Å². The number of hydrogen-bond donors (Lipinski definition) is 3. The summed E-state index contributed by atoms with van der Waals surface area (Å²) in [6.45, 7) is 2.48. The molecule has 0 amide bonds. The van der Waals surface area contributed by atoms with E-state index in [1.807, 2.05) is 19.1 Å². The number of hydrazine groups is 1. The van der Waals surface area contributed by atoms with Crippen LogP contribution in [0.4, 0.5) is 11.9 Å². The molecule has 0 unspecified atom stereocenters. The van der Waals surface area contributed by atoms with Gasteiger partial charge in [-0.15, -0.1) is 0 Å². The van der Waals surface area contributed by atoms with Crippen molar-refractivity contribution in [3.63, 3.8) is 0 Å². The van der Waals surface area contributed by atoms with Crippen LogP contribution in [-0.4, -0.2) is 27.0 Å². The van der Waals surface area contributed by atoms with Crippen molar-refractivity contribution >= 4 is 11.9 Å². The molecule has 0 saturated heterocycles. The summed E-state index contributed by atoms with van der Waals surface area (Å²) in [6, 6.07) is 4.11. The van der Waals surface area contributed by atoms with Gasteiger partial charge in [0.1, 0.15) is 0 Å². The van der Waals surface area contributed by atoms with Crippen LogP contribution in [0, 0.1) is 6.92 Å². The van der Waals surface area contributed by atoms with Crippen molar-refractivity contribution in [3.8, 4) is 6.01 Å². The van der Waals surface area contributed by atoms with E-state index in [1.165, 1.54) is 7.11 Å². The lowest BCUT2D eigenvalue weighted by Gasteiger charge is -2.07. The molecule has 4 N–H and O–H groups in total. The Morgan fingerprint density at radius 2 is 2.00 bits per heavy atom. The molecule has 0 aromatic carbocycles. The first-order chi connectivity index (χ1) is 9.21. The number of aryl methyl sites for hydroxylation is 1. The molecule has 2 aromatic rings.